The van der Waals surface area contributed by atoms with Crippen LogP contribution < -0.4 is 24.6 Å². The van der Waals surface area contributed by atoms with Crippen molar-refractivity contribution >= 4 is 23.1 Å². The van der Waals surface area contributed by atoms with Crippen LogP contribution in [0.3, 0.4) is 0 Å². The number of ether oxygens (including phenoxy) is 2. The molecule has 8 heteroatoms. The molecule has 0 unspecified atom stereocenters. The van der Waals surface area contributed by atoms with Crippen molar-refractivity contribution < 1.29 is 9.47 Å². The Labute approximate surface area is 170 Å². The van der Waals surface area contributed by atoms with Crippen LogP contribution in [0.4, 0.5) is 23.1 Å². The van der Waals surface area contributed by atoms with E-state index in [-0.39, 0.29) is 0 Å². The van der Waals surface area contributed by atoms with Crippen LogP contribution in [0.2, 0.25) is 0 Å². The second kappa shape index (κ2) is 8.64. The molecule has 150 valence electrons. The van der Waals surface area contributed by atoms with Gasteiger partial charge in [0.1, 0.15) is 35.3 Å². The van der Waals surface area contributed by atoms with Gasteiger partial charge in [0.15, 0.2) is 0 Å². The molecule has 1 aliphatic heterocycles. The number of aromatic nitrogens is 3. The first-order valence-corrected chi connectivity index (χ1v) is 9.49. The van der Waals surface area contributed by atoms with Gasteiger partial charge in [-0.3, -0.25) is 0 Å². The molecule has 0 radical (unpaired) electrons. The number of hydrogen-bond donors (Lipinski definition) is 1. The Morgan fingerprint density at radius 3 is 2.31 bits per heavy atom. The third-order valence-electron chi connectivity index (χ3n) is 4.90. The van der Waals surface area contributed by atoms with Crippen molar-refractivity contribution in [2.75, 3.05) is 55.5 Å². The predicted molar refractivity (Wildman–Crippen MR) is 114 cm³/mol. The number of nitrogens with zero attached hydrogens (tertiary/aromatic N) is 5. The number of nitrogens with one attached hydrogen (secondary N) is 1. The lowest BCUT2D eigenvalue weighted by Crippen LogP contribution is -2.47. The smallest absolute Gasteiger partial charge is 0.142 e. The fourth-order valence-corrected chi connectivity index (χ4v) is 3.34. The molecule has 0 saturated carbocycles. The fraction of sp³-hybridized carbons (Fsp3) is 0.286. The van der Waals surface area contributed by atoms with Gasteiger partial charge >= 0.3 is 0 Å². The maximum Gasteiger partial charge on any atom is 0.142 e. The molecular weight excluding hydrogens is 368 g/mol. The van der Waals surface area contributed by atoms with Crippen molar-refractivity contribution in [1.29, 1.82) is 0 Å². The molecular formula is C21H24N6O2. The third-order valence-corrected chi connectivity index (χ3v) is 4.90. The lowest BCUT2D eigenvalue weighted by molar-refractivity contribution is 0.405. The third kappa shape index (κ3) is 4.31. The minimum atomic E-state index is 0.703. The lowest BCUT2D eigenvalue weighted by Gasteiger charge is -2.36. The summed E-state index contributed by atoms with van der Waals surface area (Å²) in [6.45, 7) is 3.53. The molecule has 0 spiro atoms. The van der Waals surface area contributed by atoms with Gasteiger partial charge in [-0.25, -0.2) is 15.0 Å². The molecule has 0 atom stereocenters. The second-order valence-corrected chi connectivity index (χ2v) is 6.61. The Hall–Kier alpha value is -3.55. The largest absolute Gasteiger partial charge is 0.497 e. The standard InChI is InChI=1S/C21H24N6O2/c1-28-16-6-7-18(29-2)17(13-16)25-19-14-21(24-15-23-19)27-11-9-26(10-12-27)20-5-3-4-8-22-20/h3-8,13-15H,9-12H2,1-2H3,(H,23,24,25). The highest BCUT2D eigenvalue weighted by Crippen LogP contribution is 2.31. The van der Waals surface area contributed by atoms with Crippen molar-refractivity contribution in [3.8, 4) is 11.5 Å². The molecule has 8 nitrogen and oxygen atoms in total. The Bertz CT molecular complexity index is 945. The number of benzene rings is 1. The first kappa shape index (κ1) is 18.8. The van der Waals surface area contributed by atoms with Crippen LogP contribution in [-0.2, 0) is 0 Å². The maximum atomic E-state index is 5.43. The summed E-state index contributed by atoms with van der Waals surface area (Å²) >= 11 is 0. The van der Waals surface area contributed by atoms with Gasteiger partial charge in [-0.2, -0.15) is 0 Å². The molecule has 4 rings (SSSR count). The van der Waals surface area contributed by atoms with Crippen molar-refractivity contribution in [3.63, 3.8) is 0 Å². The van der Waals surface area contributed by atoms with Gasteiger partial charge in [0, 0.05) is 44.5 Å². The minimum Gasteiger partial charge on any atom is -0.497 e. The molecule has 3 heterocycles. The molecule has 1 aliphatic rings. The fourth-order valence-electron chi connectivity index (χ4n) is 3.34. The molecule has 29 heavy (non-hydrogen) atoms. The number of methoxy groups -OCH3 is 2. The Kier molecular flexibility index (Phi) is 5.60. The highest BCUT2D eigenvalue weighted by Gasteiger charge is 2.19. The van der Waals surface area contributed by atoms with Gasteiger partial charge < -0.3 is 24.6 Å². The zero-order valence-corrected chi connectivity index (χ0v) is 16.6. The molecule has 0 amide bonds. The number of anilines is 4. The van der Waals surface area contributed by atoms with Crippen LogP contribution in [0.25, 0.3) is 0 Å². The quantitative estimate of drug-likeness (QED) is 0.686. The van der Waals surface area contributed by atoms with E-state index in [1.807, 2.05) is 48.7 Å². The SMILES string of the molecule is COc1ccc(OC)c(Nc2cc(N3CCN(c4ccccn4)CC3)ncn2)c1. The number of piperazine rings is 1. The Balaban J connectivity index is 1.46. The summed E-state index contributed by atoms with van der Waals surface area (Å²) in [5.74, 6) is 4.07. The van der Waals surface area contributed by atoms with Crippen LogP contribution in [0, 0.1) is 0 Å². The van der Waals surface area contributed by atoms with Crippen LogP contribution >= 0.6 is 0 Å². The van der Waals surface area contributed by atoms with Crippen LogP contribution in [-0.4, -0.2) is 55.4 Å². The van der Waals surface area contributed by atoms with Gasteiger partial charge in [-0.1, -0.05) is 6.07 Å². The summed E-state index contributed by atoms with van der Waals surface area (Å²) in [5, 5.41) is 3.31. The lowest BCUT2D eigenvalue weighted by atomic mass is 10.2. The van der Waals surface area contributed by atoms with E-state index in [1.54, 1.807) is 20.5 Å². The van der Waals surface area contributed by atoms with Crippen LogP contribution in [0.1, 0.15) is 0 Å². The number of rotatable bonds is 6. The highest BCUT2D eigenvalue weighted by molar-refractivity contribution is 5.67. The van der Waals surface area contributed by atoms with E-state index < -0.39 is 0 Å². The Morgan fingerprint density at radius 1 is 0.828 bits per heavy atom. The summed E-state index contributed by atoms with van der Waals surface area (Å²) in [7, 11) is 3.28. The maximum absolute atomic E-state index is 5.43. The number of pyridine rings is 1. The van der Waals surface area contributed by atoms with Crippen molar-refractivity contribution in [2.24, 2.45) is 0 Å². The van der Waals surface area contributed by atoms with E-state index >= 15 is 0 Å². The molecule has 1 saturated heterocycles. The molecule has 2 aromatic heterocycles. The van der Waals surface area contributed by atoms with Gasteiger partial charge in [-0.15, -0.1) is 0 Å². The summed E-state index contributed by atoms with van der Waals surface area (Å²) in [6, 6.07) is 13.6. The van der Waals surface area contributed by atoms with Crippen molar-refractivity contribution in [2.45, 2.75) is 0 Å². The molecule has 1 N–H and O–H groups in total. The first-order valence-electron chi connectivity index (χ1n) is 9.49. The minimum absolute atomic E-state index is 0.703. The van der Waals surface area contributed by atoms with E-state index in [4.69, 9.17) is 9.47 Å². The van der Waals surface area contributed by atoms with E-state index in [2.05, 4.69) is 30.1 Å². The summed E-state index contributed by atoms with van der Waals surface area (Å²) in [6.07, 6.45) is 3.41. The molecule has 1 fully saturated rings. The average molecular weight is 392 g/mol. The van der Waals surface area contributed by atoms with Crippen LogP contribution in [0.15, 0.2) is 55.0 Å². The summed E-state index contributed by atoms with van der Waals surface area (Å²) < 4.78 is 10.7. The second-order valence-electron chi connectivity index (χ2n) is 6.61. The van der Waals surface area contributed by atoms with E-state index in [1.165, 1.54) is 0 Å². The van der Waals surface area contributed by atoms with Crippen molar-refractivity contribution in [3.05, 3.63) is 55.0 Å². The molecule has 3 aromatic rings. The van der Waals surface area contributed by atoms with Gasteiger partial charge in [0.05, 0.1) is 19.9 Å². The summed E-state index contributed by atoms with van der Waals surface area (Å²) in [4.78, 5) is 17.8. The van der Waals surface area contributed by atoms with Gasteiger partial charge in [0.2, 0.25) is 0 Å². The zero-order valence-electron chi connectivity index (χ0n) is 16.6. The predicted octanol–water partition coefficient (Wildman–Crippen LogP) is 2.96. The summed E-state index contributed by atoms with van der Waals surface area (Å²) in [5.41, 5.74) is 0.788. The van der Waals surface area contributed by atoms with Crippen molar-refractivity contribution in [1.82, 2.24) is 15.0 Å². The molecule has 1 aromatic carbocycles. The van der Waals surface area contributed by atoms with Crippen LogP contribution in [0.5, 0.6) is 11.5 Å². The average Bonchev–Trinajstić information content (AvgIpc) is 2.80. The number of hydrogen-bond acceptors (Lipinski definition) is 8. The molecule has 0 bridgehead atoms. The van der Waals surface area contributed by atoms with Gasteiger partial charge in [-0.05, 0) is 24.3 Å². The highest BCUT2D eigenvalue weighted by atomic mass is 16.5. The van der Waals surface area contributed by atoms with E-state index in [9.17, 15) is 0 Å². The van der Waals surface area contributed by atoms with E-state index in [0.29, 0.717) is 5.82 Å². The normalized spacial score (nSPS) is 13.9. The van der Waals surface area contributed by atoms with E-state index in [0.717, 1.165) is 55.0 Å². The molecule has 0 aliphatic carbocycles. The first-order chi connectivity index (χ1) is 14.3. The Morgan fingerprint density at radius 2 is 1.62 bits per heavy atom. The zero-order chi connectivity index (χ0) is 20.1. The topological polar surface area (TPSA) is 75.6 Å². The van der Waals surface area contributed by atoms with Gasteiger partial charge in [0.25, 0.3) is 0 Å². The monoisotopic (exact) mass is 392 g/mol.